The van der Waals surface area contributed by atoms with Gasteiger partial charge in [-0.15, -0.1) is 24.0 Å². The number of nitrogens with zero attached hydrogens (tertiary/aromatic N) is 5. The van der Waals surface area contributed by atoms with E-state index in [4.69, 9.17) is 110 Å². The van der Waals surface area contributed by atoms with Gasteiger partial charge in [0.15, 0.2) is 75.0 Å². The molecule has 0 radical (unpaired) electrons. The fourth-order valence-electron chi connectivity index (χ4n) is 14.6. The maximum absolute atomic E-state index is 12.3. The topological polar surface area (TPSA) is 642 Å². The largest absolute Gasteiger partial charge is 0.494 e. The van der Waals surface area contributed by atoms with Crippen LogP contribution in [0.1, 0.15) is 122 Å². The number of amidine groups is 1. The number of rotatable bonds is 45. The third-order valence-corrected chi connectivity index (χ3v) is 23.3. The molecule has 3 amide bonds. The first-order chi connectivity index (χ1) is 66.8. The lowest BCUT2D eigenvalue weighted by Gasteiger charge is -2.36. The van der Waals surface area contributed by atoms with Crippen LogP contribution in [-0.4, -0.2) is 292 Å². The Bertz CT molecular complexity index is 5360. The lowest BCUT2D eigenvalue weighted by molar-refractivity contribution is -0.271. The fourth-order valence-corrected chi connectivity index (χ4v) is 15.1. The average Bonchev–Trinajstić information content (AvgIpc) is 0.833. The van der Waals surface area contributed by atoms with Crippen molar-refractivity contribution in [3.8, 4) is 17.2 Å². The number of aliphatic hydroxyl groups excluding tert-OH is 9. The smallest absolute Gasteiger partial charge is 0.407 e. The molecule has 12 rings (SSSR count). The number of halogens is 3. The van der Waals surface area contributed by atoms with Gasteiger partial charge in [-0.2, -0.15) is 40.5 Å². The van der Waals surface area contributed by atoms with Crippen molar-refractivity contribution < 1.29 is 108 Å². The molecule has 5 heterocycles. The molecule has 9 aromatic rings. The Hall–Kier alpha value is -8.62. The SMILES string of the molecule is CC1OC[C@@H](O)[C@H]([C@H](O)[C@@H](O)CNCCCOc2ccc3cc(CCCCN)ccc3c2)O1.CC1OC[C@@H](O)[C@H]([C@H](O)[C@@H](O)CNCCCOc2ccc3cc(CCCCN=C(N)NC(=O)c4nc(Cl)c(N)nc4N)ccc3c2)O1.CC1OC[C@@H](O)[C@H]([C@H](O)[C@@H](O)CNCCCOc2ccc3cc(CCCCNC(=O)OCc4ccccc4)ccc3c2)O1.CSC(=N)NC(=O)c1nc(Cl)c(N)nc1N.I.S.S.S. The van der Waals surface area contributed by atoms with Gasteiger partial charge >= 0.3 is 6.09 Å². The molecule has 0 spiro atoms. The molecule has 143 heavy (non-hydrogen) atoms. The first kappa shape index (κ1) is 125. The maximum atomic E-state index is 12.3. The van der Waals surface area contributed by atoms with E-state index in [1.807, 2.05) is 72.8 Å². The second-order valence-corrected chi connectivity index (χ2v) is 34.8. The van der Waals surface area contributed by atoms with Crippen LogP contribution in [0.25, 0.3) is 32.3 Å². The normalized spacial score (nSPS) is 18.9. The number of nitrogen functional groups attached to an aromatic ring is 4. The number of benzene rings is 7. The second kappa shape index (κ2) is 66.6. The van der Waals surface area contributed by atoms with Crippen molar-refractivity contribution in [3.63, 3.8) is 0 Å². The zero-order valence-corrected chi connectivity index (χ0v) is 88.0. The molecule has 47 heteroatoms. The Labute approximate surface area is 884 Å². The summed E-state index contributed by atoms with van der Waals surface area (Å²) in [4.78, 5) is 54.9. The molecule has 2 aromatic heterocycles. The van der Waals surface area contributed by atoms with Gasteiger partial charge in [0.1, 0.15) is 78.8 Å². The van der Waals surface area contributed by atoms with Crippen molar-refractivity contribution in [3.05, 3.63) is 183 Å². The Morgan fingerprint density at radius 1 is 0.476 bits per heavy atom. The first-order valence-electron chi connectivity index (χ1n) is 46.2. The Balaban J connectivity index is 0.000000349. The summed E-state index contributed by atoms with van der Waals surface area (Å²) in [5.41, 5.74) is 37.8. The molecule has 3 aliphatic rings. The molecule has 3 aliphatic heterocycles. The summed E-state index contributed by atoms with van der Waals surface area (Å²) in [6.45, 7) is 11.0. The van der Waals surface area contributed by atoms with Crippen molar-refractivity contribution in [1.82, 2.24) is 51.8 Å². The molecular formula is C96H141Cl2IN18O22S4. The Kier molecular flexibility index (Phi) is 58.1. The van der Waals surface area contributed by atoms with Crippen LogP contribution in [-0.2, 0) is 59.0 Å². The molecule has 40 nitrogen and oxygen atoms in total. The summed E-state index contributed by atoms with van der Waals surface area (Å²) < 4.78 is 54.7. The Morgan fingerprint density at radius 3 is 1.21 bits per heavy atom. The van der Waals surface area contributed by atoms with E-state index in [0.29, 0.717) is 65.4 Å². The molecule has 3 fully saturated rings. The molecule has 0 aliphatic carbocycles. The molecule has 792 valence electrons. The third kappa shape index (κ3) is 43.0. The number of aromatic nitrogens is 4. The number of nitrogens with two attached hydrogens (primary N) is 6. The Morgan fingerprint density at radius 2 is 0.832 bits per heavy atom. The van der Waals surface area contributed by atoms with Crippen LogP contribution >= 0.6 is 99.4 Å². The monoisotopic (exact) mass is 2220 g/mol. The minimum atomic E-state index is -1.24. The van der Waals surface area contributed by atoms with E-state index in [1.54, 1.807) is 27.0 Å². The van der Waals surface area contributed by atoms with Crippen LogP contribution in [0.2, 0.25) is 10.3 Å². The number of fused-ring (bicyclic) bond motifs is 3. The number of anilines is 4. The van der Waals surface area contributed by atoms with E-state index in [0.717, 1.165) is 132 Å². The molecule has 7 aromatic carbocycles. The molecule has 15 atom stereocenters. The first-order valence-corrected chi connectivity index (χ1v) is 48.2. The van der Waals surface area contributed by atoms with Gasteiger partial charge in [-0.25, -0.2) is 24.7 Å². The predicted octanol–water partition coefficient (Wildman–Crippen LogP) is 6.61. The zero-order valence-electron chi connectivity index (χ0n) is 80.3. The summed E-state index contributed by atoms with van der Waals surface area (Å²) in [5.74, 6) is 0.588. The van der Waals surface area contributed by atoms with Gasteiger partial charge in [0.2, 0.25) is 0 Å². The quantitative estimate of drug-likeness (QED) is 0.00825. The van der Waals surface area contributed by atoms with Crippen molar-refractivity contribution >= 4 is 184 Å². The summed E-state index contributed by atoms with van der Waals surface area (Å²) >= 11 is 12.5. The van der Waals surface area contributed by atoms with Crippen molar-refractivity contribution in [1.29, 1.82) is 5.41 Å². The number of nitrogens with one attached hydrogen (secondary N) is 7. The van der Waals surface area contributed by atoms with Gasteiger partial charge in [-0.1, -0.05) is 138 Å². The van der Waals surface area contributed by atoms with Crippen molar-refractivity contribution in [2.24, 2.45) is 16.5 Å². The number of unbranched alkanes of at least 4 members (excludes halogenated alkanes) is 3. The molecule has 0 saturated carbocycles. The molecule has 3 unspecified atom stereocenters. The van der Waals surface area contributed by atoms with E-state index >= 15 is 0 Å². The minimum Gasteiger partial charge on any atom is -0.494 e. The van der Waals surface area contributed by atoms with Gasteiger partial charge in [0.05, 0.1) is 58.0 Å². The van der Waals surface area contributed by atoms with E-state index in [-0.39, 0.29) is 167 Å². The highest BCUT2D eigenvalue weighted by Gasteiger charge is 2.40. The summed E-state index contributed by atoms with van der Waals surface area (Å²) in [6.07, 6.45) is -2.29. The van der Waals surface area contributed by atoms with E-state index in [2.05, 4.69) is 124 Å². The number of alkyl carbamates (subject to hydrolysis) is 1. The van der Waals surface area contributed by atoms with Crippen LogP contribution in [0.3, 0.4) is 0 Å². The summed E-state index contributed by atoms with van der Waals surface area (Å²) in [6, 6.07) is 47.0. The highest BCUT2D eigenvalue weighted by Crippen LogP contribution is 2.30. The number of amides is 3. The van der Waals surface area contributed by atoms with Crippen molar-refractivity contribution in [2.45, 2.75) is 197 Å². The van der Waals surface area contributed by atoms with Gasteiger partial charge in [0, 0.05) is 32.7 Å². The third-order valence-electron chi connectivity index (χ3n) is 22.2. The number of aliphatic imine (C=N–C) groups is 1. The van der Waals surface area contributed by atoms with Crippen LogP contribution in [0, 0.1) is 5.41 Å². The number of carbonyl (C=O) groups excluding carboxylic acids is 3. The zero-order chi connectivity index (χ0) is 100. The number of thioether (sulfide) groups is 1. The van der Waals surface area contributed by atoms with Crippen LogP contribution in [0.15, 0.2) is 145 Å². The minimum absolute atomic E-state index is 0. The highest BCUT2D eigenvalue weighted by atomic mass is 127. The number of aryl methyl sites for hydroxylation is 3. The number of carbonyl (C=O) groups is 3. The maximum Gasteiger partial charge on any atom is 0.407 e. The van der Waals surface area contributed by atoms with Gasteiger partial charge in [-0.3, -0.25) is 25.3 Å². The van der Waals surface area contributed by atoms with Crippen LogP contribution < -0.4 is 80.5 Å². The molecular weight excluding hydrogens is 2080 g/mol. The van der Waals surface area contributed by atoms with E-state index < -0.39 is 110 Å². The van der Waals surface area contributed by atoms with E-state index in [1.165, 1.54) is 22.1 Å². The lowest BCUT2D eigenvalue weighted by Crippen LogP contribution is -2.54. The number of hydrogen-bond donors (Lipinski definition) is 22. The lowest BCUT2D eigenvalue weighted by atomic mass is 10.0. The number of ether oxygens (including phenoxy) is 10. The summed E-state index contributed by atoms with van der Waals surface area (Å²) in [7, 11) is 0. The van der Waals surface area contributed by atoms with Gasteiger partial charge < -0.3 is 154 Å². The fraction of sp³-hybridized carbons (Fsp3) is 0.490. The average molecular weight is 2230 g/mol. The second-order valence-electron chi connectivity index (χ2n) is 33.3. The highest BCUT2D eigenvalue weighted by molar-refractivity contribution is 14.0. The van der Waals surface area contributed by atoms with E-state index in [9.17, 15) is 60.3 Å². The van der Waals surface area contributed by atoms with Gasteiger partial charge in [0.25, 0.3) is 11.8 Å². The number of hydrogen-bond acceptors (Lipinski definition) is 37. The predicted molar refractivity (Wildman–Crippen MR) is 579 cm³/mol. The number of aliphatic hydroxyl groups is 9. The van der Waals surface area contributed by atoms with Crippen LogP contribution in [0.5, 0.6) is 17.2 Å². The molecule has 28 N–H and O–H groups in total. The van der Waals surface area contributed by atoms with Crippen LogP contribution in [0.4, 0.5) is 28.1 Å². The number of guanidine groups is 1. The van der Waals surface area contributed by atoms with Gasteiger partial charge in [-0.05, 0) is 221 Å². The van der Waals surface area contributed by atoms with Crippen molar-refractivity contribution in [2.75, 3.05) is 128 Å². The summed E-state index contributed by atoms with van der Waals surface area (Å²) in [5, 5.41) is 122. The molecule has 0 bridgehead atoms. The molecule has 3 saturated heterocycles. The standard InChI is InChI=1S/C33H44N2O8.C31H43ClN8O7.C25H38N2O6.C7H9ClN6OS.HI.3H2S/c1-23-41-22-30(37)32(43-23)31(38)29(36)20-34-15-7-17-40-28-14-13-26-18-24(11-12-27(26)19-28)8-5-6-16-35-33(39)42-21-25-9-3-2-4-10-25;1-17-46-16-23(42)26(47-17)25(43)22(41)15-36-10-4-12-45-21-9-8-19-13-18(6-7-20(19)14-21)5-2-3-11-37-31(35)40-30(44)24-28(33)39-29(34)27(32)38-24;1-17-32-16-23(29)25(33-17)24(30)22(28)15-27-11-4-12-31-21-9-8-19-13-18(5-2-3-10-26)6-7-20(19)14-21;1-16-7(11)14-6(15)2-4(9)13-5(10)3(8)12-2;;;;/h2-4,9-14,18-19,23,29-32,34,36-38H,5-8,15-17,20-22H2,1H3,(H,35,39);6-9,13-14,17,22-23,25-26,36,41-43H,2-5,10-12,15-16H2,1H3,(H4,33,34,39)(H3,35,37,40,44);6-9,13-14,17,22-25,27-30H,2-5,10-12,15-16,26H2,1H3;1H3,(H4,9,10,13)(H2,11,14,15);1H;3*1H2/t23?,29-,30+,31+,32+;17?,22-,23+,25+,26+;17?,22-,23+,24+,25+;;;;;/m000...../s1.